The molecule has 1 aliphatic rings. The number of nitrogens with zero attached hydrogens (tertiary/aromatic N) is 3. The molecule has 0 bridgehead atoms. The van der Waals surface area contributed by atoms with Gasteiger partial charge in [-0.2, -0.15) is 4.98 Å². The molecule has 0 spiro atoms. The minimum Gasteiger partial charge on any atom is -0.493 e. The summed E-state index contributed by atoms with van der Waals surface area (Å²) in [6.45, 7) is 0.288. The Morgan fingerprint density at radius 2 is 1.83 bits per heavy atom. The van der Waals surface area contributed by atoms with Crippen molar-refractivity contribution in [2.75, 3.05) is 26.1 Å². The number of rotatable bonds is 8. The van der Waals surface area contributed by atoms with E-state index in [9.17, 15) is 9.59 Å². The van der Waals surface area contributed by atoms with E-state index in [1.807, 2.05) is 0 Å². The lowest BCUT2D eigenvalue weighted by Crippen LogP contribution is -2.18. The summed E-state index contributed by atoms with van der Waals surface area (Å²) >= 11 is 6.39. The highest BCUT2D eigenvalue weighted by atomic mass is 35.5. The number of carbonyl (C=O) groups is 2. The molecule has 4 aromatic rings. The second-order valence-electron chi connectivity index (χ2n) is 8.62. The van der Waals surface area contributed by atoms with Gasteiger partial charge in [-0.3, -0.25) is 4.79 Å². The van der Waals surface area contributed by atoms with Gasteiger partial charge in [-0.25, -0.2) is 4.79 Å². The third-order valence-electron chi connectivity index (χ3n) is 6.06. The van der Waals surface area contributed by atoms with E-state index >= 15 is 0 Å². The minimum atomic E-state index is -1.38. The maximum absolute atomic E-state index is 12.8. The largest absolute Gasteiger partial charge is 0.506 e. The third kappa shape index (κ3) is 6.23. The monoisotopic (exact) mass is 578 g/mol. The quantitative estimate of drug-likeness (QED) is 0.245. The average molecular weight is 579 g/mol. The Labute approximate surface area is 238 Å². The van der Waals surface area contributed by atoms with Gasteiger partial charge in [0.1, 0.15) is 23.4 Å². The second kappa shape index (κ2) is 12.0. The van der Waals surface area contributed by atoms with Crippen LogP contribution in [-0.2, 0) is 4.74 Å². The van der Waals surface area contributed by atoms with E-state index in [2.05, 4.69) is 20.5 Å². The molecular formula is C28H23ClN4O8. The van der Waals surface area contributed by atoms with Crippen LogP contribution in [0.25, 0.3) is 11.3 Å². The zero-order valence-corrected chi connectivity index (χ0v) is 22.5. The lowest BCUT2D eigenvalue weighted by Gasteiger charge is -2.25. The Morgan fingerprint density at radius 1 is 1.02 bits per heavy atom. The predicted octanol–water partition coefficient (Wildman–Crippen LogP) is 5.77. The Morgan fingerprint density at radius 3 is 2.51 bits per heavy atom. The molecule has 1 aliphatic heterocycles. The van der Waals surface area contributed by atoms with Crippen LogP contribution in [0.15, 0.2) is 60.7 Å². The summed E-state index contributed by atoms with van der Waals surface area (Å²) < 4.78 is 26.9. The summed E-state index contributed by atoms with van der Waals surface area (Å²) in [6.07, 6.45) is -1.67. The van der Waals surface area contributed by atoms with Gasteiger partial charge in [0.15, 0.2) is 5.82 Å². The highest BCUT2D eigenvalue weighted by Crippen LogP contribution is 2.42. The molecule has 5 rings (SSSR count). The lowest BCUT2D eigenvalue weighted by atomic mass is 10.0. The van der Waals surface area contributed by atoms with Gasteiger partial charge in [-0.15, -0.1) is 10.2 Å². The van der Waals surface area contributed by atoms with Crippen LogP contribution in [0.3, 0.4) is 0 Å². The van der Waals surface area contributed by atoms with Crippen molar-refractivity contribution in [2.45, 2.75) is 12.5 Å². The van der Waals surface area contributed by atoms with Crippen LogP contribution >= 0.6 is 11.6 Å². The first-order valence-corrected chi connectivity index (χ1v) is 12.6. The smallest absolute Gasteiger partial charge is 0.493 e. The number of methoxy groups -OCH3 is 2. The molecule has 41 heavy (non-hydrogen) atoms. The lowest BCUT2D eigenvalue weighted by molar-refractivity contribution is 0.0326. The number of anilines is 1. The summed E-state index contributed by atoms with van der Waals surface area (Å²) in [6, 6.07) is 16.3. The summed E-state index contributed by atoms with van der Waals surface area (Å²) in [7, 11) is 3.00. The molecule has 0 aliphatic carbocycles. The van der Waals surface area contributed by atoms with Crippen molar-refractivity contribution >= 4 is 29.5 Å². The van der Waals surface area contributed by atoms with Gasteiger partial charge in [-0.05, 0) is 48.5 Å². The van der Waals surface area contributed by atoms with Crippen molar-refractivity contribution in [2.24, 2.45) is 0 Å². The maximum atomic E-state index is 12.8. The summed E-state index contributed by atoms with van der Waals surface area (Å²) in [5, 5.41) is 20.2. The maximum Gasteiger partial charge on any atom is 0.506 e. The molecule has 3 heterocycles. The van der Waals surface area contributed by atoms with Gasteiger partial charge in [-0.1, -0.05) is 11.6 Å². The number of hydrogen-bond acceptors (Lipinski definition) is 10. The summed E-state index contributed by atoms with van der Waals surface area (Å²) in [5.74, 6) is 1.74. The number of ether oxygens (including phenoxy) is 5. The van der Waals surface area contributed by atoms with Crippen LogP contribution in [-0.4, -0.2) is 53.2 Å². The van der Waals surface area contributed by atoms with Gasteiger partial charge in [0.25, 0.3) is 5.91 Å². The highest BCUT2D eigenvalue weighted by Gasteiger charge is 2.27. The van der Waals surface area contributed by atoms with Gasteiger partial charge < -0.3 is 34.1 Å². The first-order chi connectivity index (χ1) is 19.8. The number of benzene rings is 2. The molecule has 0 saturated carbocycles. The molecule has 1 unspecified atom stereocenters. The minimum absolute atomic E-state index is 0.250. The first kappa shape index (κ1) is 27.5. The Kier molecular flexibility index (Phi) is 8.01. The van der Waals surface area contributed by atoms with E-state index in [1.165, 1.54) is 14.2 Å². The van der Waals surface area contributed by atoms with Crippen LogP contribution in [0.2, 0.25) is 5.02 Å². The summed E-state index contributed by atoms with van der Waals surface area (Å²) in [4.78, 5) is 28.0. The van der Waals surface area contributed by atoms with E-state index in [0.717, 1.165) is 0 Å². The number of amides is 1. The van der Waals surface area contributed by atoms with Gasteiger partial charge in [0, 0.05) is 29.7 Å². The standard InChI is InChI=1S/C28H23ClN4O8/c1-37-25-10-7-17(27(31-25)38-2)20-8-9-24(33-32-20)30-26(34)15-3-5-16(6-4-15)40-23-14-22-18(13-19(23)29)21(11-12-39-22)41-28(35)36/h3-10,13-14,21H,11-12H2,1-2H3,(H,35,36)(H,30,33,34). The number of aromatic nitrogens is 3. The van der Waals surface area contributed by atoms with Gasteiger partial charge in [0.2, 0.25) is 11.8 Å². The molecule has 0 fully saturated rings. The summed E-state index contributed by atoms with van der Waals surface area (Å²) in [5.41, 5.74) is 2.01. The third-order valence-corrected chi connectivity index (χ3v) is 6.35. The number of fused-ring (bicyclic) bond motifs is 1. The highest BCUT2D eigenvalue weighted by molar-refractivity contribution is 6.32. The first-order valence-electron chi connectivity index (χ1n) is 12.2. The van der Waals surface area contributed by atoms with E-state index < -0.39 is 18.2 Å². The molecular weight excluding hydrogens is 556 g/mol. The number of halogens is 1. The van der Waals surface area contributed by atoms with E-state index in [0.29, 0.717) is 57.8 Å². The molecule has 0 saturated heterocycles. The molecule has 2 N–H and O–H groups in total. The number of carboxylic acid groups (broad SMARTS) is 1. The van der Waals surface area contributed by atoms with E-state index in [4.69, 9.17) is 40.4 Å². The van der Waals surface area contributed by atoms with Crippen molar-refractivity contribution < 1.29 is 38.4 Å². The zero-order chi connectivity index (χ0) is 28.9. The molecule has 2 aromatic heterocycles. The molecule has 0 radical (unpaired) electrons. The Balaban J connectivity index is 1.24. The fourth-order valence-corrected chi connectivity index (χ4v) is 4.31. The topological polar surface area (TPSA) is 151 Å². The van der Waals surface area contributed by atoms with Crippen molar-refractivity contribution in [1.29, 1.82) is 0 Å². The number of hydrogen-bond donors (Lipinski definition) is 2. The fraction of sp³-hybridized carbons (Fsp3) is 0.179. The SMILES string of the molecule is COc1ccc(-c2ccc(NC(=O)c3ccc(Oc4cc5c(cc4Cl)C(OC(=O)O)CCO5)cc3)nn2)c(OC)n1. The van der Waals surface area contributed by atoms with Crippen LogP contribution in [0.5, 0.6) is 29.0 Å². The normalized spacial score (nSPS) is 13.8. The van der Waals surface area contributed by atoms with E-state index in [-0.39, 0.29) is 17.4 Å². The van der Waals surface area contributed by atoms with Gasteiger partial charge >= 0.3 is 6.16 Å². The molecule has 13 heteroatoms. The van der Waals surface area contributed by atoms with Crippen molar-refractivity contribution in [3.8, 4) is 40.3 Å². The predicted molar refractivity (Wildman–Crippen MR) is 146 cm³/mol. The molecule has 1 amide bonds. The van der Waals surface area contributed by atoms with Crippen molar-refractivity contribution in [1.82, 2.24) is 15.2 Å². The van der Waals surface area contributed by atoms with Crippen molar-refractivity contribution in [3.05, 3.63) is 76.8 Å². The zero-order valence-electron chi connectivity index (χ0n) is 21.8. The number of carbonyl (C=O) groups excluding carboxylic acids is 1. The molecule has 210 valence electrons. The fourth-order valence-electron chi connectivity index (χ4n) is 4.10. The van der Waals surface area contributed by atoms with Gasteiger partial charge in [0.05, 0.1) is 37.1 Å². The second-order valence-corrected chi connectivity index (χ2v) is 9.03. The Bertz CT molecular complexity index is 1580. The average Bonchev–Trinajstić information content (AvgIpc) is 2.98. The molecule has 12 nitrogen and oxygen atoms in total. The van der Waals surface area contributed by atoms with E-state index in [1.54, 1.807) is 60.7 Å². The number of pyridine rings is 1. The van der Waals surface area contributed by atoms with Crippen LogP contribution in [0, 0.1) is 0 Å². The van der Waals surface area contributed by atoms with Crippen molar-refractivity contribution in [3.63, 3.8) is 0 Å². The number of nitrogens with one attached hydrogen (secondary N) is 1. The van der Waals surface area contributed by atoms with Crippen LogP contribution < -0.4 is 24.3 Å². The molecule has 2 aromatic carbocycles. The molecule has 1 atom stereocenters. The Hall–Kier alpha value is -5.10. The van der Waals surface area contributed by atoms with Crippen LogP contribution in [0.4, 0.5) is 10.6 Å². The van der Waals surface area contributed by atoms with Crippen LogP contribution in [0.1, 0.15) is 28.4 Å².